The molecule has 19 heavy (non-hydrogen) atoms. The second kappa shape index (κ2) is 5.75. The molecule has 0 atom stereocenters. The maximum atomic E-state index is 12.2. The highest BCUT2D eigenvalue weighted by Crippen LogP contribution is 2.18. The van der Waals surface area contributed by atoms with Crippen LogP contribution >= 0.6 is 0 Å². The van der Waals surface area contributed by atoms with Crippen molar-refractivity contribution in [2.75, 3.05) is 32.7 Å². The number of furan rings is 1. The van der Waals surface area contributed by atoms with E-state index in [0.717, 1.165) is 0 Å². The van der Waals surface area contributed by atoms with Gasteiger partial charge in [-0.1, -0.05) is 0 Å². The summed E-state index contributed by atoms with van der Waals surface area (Å²) in [5, 5.41) is 0. The molecule has 0 aliphatic carbocycles. The summed E-state index contributed by atoms with van der Waals surface area (Å²) in [6.45, 7) is 1.58. The monoisotopic (exact) mass is 276 g/mol. The van der Waals surface area contributed by atoms with E-state index in [1.165, 1.54) is 4.90 Å². The number of rotatable bonds is 4. The van der Waals surface area contributed by atoms with Crippen molar-refractivity contribution in [3.63, 3.8) is 0 Å². The Kier molecular flexibility index (Phi) is 4.26. The van der Waals surface area contributed by atoms with Gasteiger partial charge < -0.3 is 4.42 Å². The summed E-state index contributed by atoms with van der Waals surface area (Å²) >= 11 is 0. The van der Waals surface area contributed by atoms with Crippen LogP contribution in [0.15, 0.2) is 16.5 Å². The molecule has 106 valence electrons. The second-order valence-electron chi connectivity index (χ2n) is 4.59. The predicted molar refractivity (Wildman–Crippen MR) is 61.9 cm³/mol. The Morgan fingerprint density at radius 2 is 1.79 bits per heavy atom. The molecule has 1 aliphatic heterocycles. The highest BCUT2D eigenvalue weighted by molar-refractivity contribution is 5.70. The van der Waals surface area contributed by atoms with Crippen molar-refractivity contribution in [1.82, 2.24) is 9.80 Å². The predicted octanol–water partition coefficient (Wildman–Crippen LogP) is 1.77. The van der Waals surface area contributed by atoms with Crippen LogP contribution in [0.3, 0.4) is 0 Å². The molecule has 1 aromatic heterocycles. The van der Waals surface area contributed by atoms with Crippen LogP contribution in [0.1, 0.15) is 16.3 Å². The number of nitrogens with zero attached hydrogens (tertiary/aromatic N) is 2. The van der Waals surface area contributed by atoms with Crippen molar-refractivity contribution in [2.24, 2.45) is 0 Å². The van der Waals surface area contributed by atoms with E-state index in [9.17, 15) is 18.0 Å². The quantitative estimate of drug-likeness (QED) is 0.785. The fraction of sp³-hybridized carbons (Fsp3) is 0.583. The Labute approximate surface area is 108 Å². The smallest absolute Gasteiger partial charge is 0.401 e. The van der Waals surface area contributed by atoms with E-state index >= 15 is 0 Å². The average molecular weight is 276 g/mol. The average Bonchev–Trinajstić information content (AvgIpc) is 2.77. The molecule has 1 aliphatic rings. The van der Waals surface area contributed by atoms with E-state index in [-0.39, 0.29) is 5.76 Å². The minimum absolute atomic E-state index is 0.269. The molecule has 0 bridgehead atoms. The van der Waals surface area contributed by atoms with Gasteiger partial charge in [0, 0.05) is 26.2 Å². The molecule has 2 rings (SSSR count). The van der Waals surface area contributed by atoms with Crippen LogP contribution in [-0.4, -0.2) is 55.0 Å². The Hall–Kier alpha value is -1.34. The Morgan fingerprint density at radius 3 is 2.32 bits per heavy atom. The number of hydrogen-bond donors (Lipinski definition) is 0. The molecule has 1 fully saturated rings. The molecule has 0 unspecified atom stereocenters. The van der Waals surface area contributed by atoms with Crippen LogP contribution in [0.25, 0.3) is 0 Å². The fourth-order valence-electron chi connectivity index (χ4n) is 2.12. The van der Waals surface area contributed by atoms with Crippen molar-refractivity contribution in [1.29, 1.82) is 0 Å². The first-order valence-corrected chi connectivity index (χ1v) is 6.01. The van der Waals surface area contributed by atoms with Gasteiger partial charge in [-0.25, -0.2) is 0 Å². The molecule has 7 heteroatoms. The molecule has 2 heterocycles. The Balaban J connectivity index is 1.78. The lowest BCUT2D eigenvalue weighted by atomic mass is 10.3. The van der Waals surface area contributed by atoms with Gasteiger partial charge >= 0.3 is 6.18 Å². The molecule has 0 radical (unpaired) electrons. The van der Waals surface area contributed by atoms with Gasteiger partial charge in [-0.2, -0.15) is 13.2 Å². The first kappa shape index (κ1) is 14.1. The minimum atomic E-state index is -4.14. The first-order chi connectivity index (χ1) is 8.96. The van der Waals surface area contributed by atoms with Crippen molar-refractivity contribution in [2.45, 2.75) is 12.7 Å². The summed E-state index contributed by atoms with van der Waals surface area (Å²) < 4.78 is 41.9. The first-order valence-electron chi connectivity index (χ1n) is 6.01. The number of piperazine rings is 1. The summed E-state index contributed by atoms with van der Waals surface area (Å²) in [5.41, 5.74) is 0. The number of carbonyl (C=O) groups is 1. The van der Waals surface area contributed by atoms with E-state index in [4.69, 9.17) is 4.42 Å². The van der Waals surface area contributed by atoms with Gasteiger partial charge in [0.25, 0.3) is 0 Å². The van der Waals surface area contributed by atoms with E-state index in [1.54, 1.807) is 12.1 Å². The fourth-order valence-corrected chi connectivity index (χ4v) is 2.12. The normalized spacial score (nSPS) is 18.7. The van der Waals surface area contributed by atoms with Crippen molar-refractivity contribution < 1.29 is 22.4 Å². The zero-order valence-electron chi connectivity index (χ0n) is 10.3. The summed E-state index contributed by atoms with van der Waals surface area (Å²) in [6, 6.07) is 3.30. The lowest BCUT2D eigenvalue weighted by Gasteiger charge is -2.34. The topological polar surface area (TPSA) is 36.7 Å². The van der Waals surface area contributed by atoms with Gasteiger partial charge in [-0.05, 0) is 12.1 Å². The third-order valence-corrected chi connectivity index (χ3v) is 3.05. The number of halogens is 3. The summed E-state index contributed by atoms with van der Waals surface area (Å²) in [4.78, 5) is 13.9. The standard InChI is InChI=1S/C12H15F3N2O2/c13-12(14,15)9-17-5-3-16(4-6-17)7-10-1-2-11(8-18)19-10/h1-2,8H,3-7,9H2. The van der Waals surface area contributed by atoms with Gasteiger partial charge in [-0.15, -0.1) is 0 Å². The van der Waals surface area contributed by atoms with Crippen LogP contribution in [0.2, 0.25) is 0 Å². The zero-order valence-corrected chi connectivity index (χ0v) is 10.3. The van der Waals surface area contributed by atoms with Crippen molar-refractivity contribution in [3.05, 3.63) is 23.7 Å². The summed E-state index contributed by atoms with van der Waals surface area (Å²) in [6.07, 6.45) is -3.51. The van der Waals surface area contributed by atoms with Crippen molar-refractivity contribution >= 4 is 6.29 Å². The van der Waals surface area contributed by atoms with Crippen LogP contribution in [0.4, 0.5) is 13.2 Å². The SMILES string of the molecule is O=Cc1ccc(CN2CCN(CC(F)(F)F)CC2)o1. The molecular formula is C12H15F3N2O2. The van der Waals surface area contributed by atoms with Gasteiger partial charge in [0.2, 0.25) is 0 Å². The summed E-state index contributed by atoms with van der Waals surface area (Å²) in [5.74, 6) is 0.928. The largest absolute Gasteiger partial charge is 0.457 e. The lowest BCUT2D eigenvalue weighted by Crippen LogP contribution is -2.48. The Bertz CT molecular complexity index is 423. The van der Waals surface area contributed by atoms with Crippen molar-refractivity contribution in [3.8, 4) is 0 Å². The van der Waals surface area contributed by atoms with Gasteiger partial charge in [-0.3, -0.25) is 14.6 Å². The van der Waals surface area contributed by atoms with E-state index in [1.807, 2.05) is 4.90 Å². The molecule has 0 N–H and O–H groups in total. The van der Waals surface area contributed by atoms with Gasteiger partial charge in [0.05, 0.1) is 13.1 Å². The molecule has 0 saturated carbocycles. The molecule has 0 aromatic carbocycles. The van der Waals surface area contributed by atoms with Crippen LogP contribution in [-0.2, 0) is 6.54 Å². The number of carbonyl (C=O) groups excluding carboxylic acids is 1. The van der Waals surface area contributed by atoms with Crippen LogP contribution in [0, 0.1) is 0 Å². The minimum Gasteiger partial charge on any atom is -0.457 e. The molecule has 0 spiro atoms. The van der Waals surface area contributed by atoms with Crippen LogP contribution in [0.5, 0.6) is 0 Å². The maximum absolute atomic E-state index is 12.2. The highest BCUT2D eigenvalue weighted by atomic mass is 19.4. The Morgan fingerprint density at radius 1 is 1.16 bits per heavy atom. The number of hydrogen-bond acceptors (Lipinski definition) is 4. The maximum Gasteiger partial charge on any atom is 0.401 e. The number of aldehydes is 1. The molecule has 4 nitrogen and oxygen atoms in total. The highest BCUT2D eigenvalue weighted by Gasteiger charge is 2.32. The molecule has 0 amide bonds. The number of alkyl halides is 3. The third-order valence-electron chi connectivity index (χ3n) is 3.05. The van der Waals surface area contributed by atoms with Gasteiger partial charge in [0.1, 0.15) is 5.76 Å². The summed E-state index contributed by atoms with van der Waals surface area (Å²) in [7, 11) is 0. The van der Waals surface area contributed by atoms with Crippen LogP contribution < -0.4 is 0 Å². The van der Waals surface area contributed by atoms with E-state index in [0.29, 0.717) is 44.8 Å². The van der Waals surface area contributed by atoms with E-state index in [2.05, 4.69) is 0 Å². The molecule has 1 aromatic rings. The second-order valence-corrected chi connectivity index (χ2v) is 4.59. The molecule has 1 saturated heterocycles. The van der Waals surface area contributed by atoms with Gasteiger partial charge in [0.15, 0.2) is 12.0 Å². The third kappa shape index (κ3) is 4.36. The molecular weight excluding hydrogens is 261 g/mol. The van der Waals surface area contributed by atoms with E-state index < -0.39 is 12.7 Å². The zero-order chi connectivity index (χ0) is 13.9. The lowest BCUT2D eigenvalue weighted by molar-refractivity contribution is -0.149.